The minimum Gasteiger partial charge on any atom is -0.508 e. The average Bonchev–Trinajstić information content (AvgIpc) is 2.45. The van der Waals surface area contributed by atoms with Gasteiger partial charge in [-0.05, 0) is 30.0 Å². The number of aromatic hydroxyl groups is 1. The Hall–Kier alpha value is -2.08. The maximum atomic E-state index is 12.1. The first-order chi connectivity index (χ1) is 9.85. The Morgan fingerprint density at radius 2 is 1.86 bits per heavy atom. The van der Waals surface area contributed by atoms with E-state index >= 15 is 0 Å². The van der Waals surface area contributed by atoms with E-state index in [4.69, 9.17) is 5.73 Å². The summed E-state index contributed by atoms with van der Waals surface area (Å²) in [4.78, 5) is 23.7. The Balaban J connectivity index is 2.64. The Kier molecular flexibility index (Phi) is 6.17. The standard InChI is InChI=1S/C15H22N2O4/c1-9(2)13(15(20)21-3)17-14(19)12(16)8-10-4-6-11(18)7-5-10/h4-7,9,12-13,18H,8,16H2,1-3H3,(H,17,19). The van der Waals surface area contributed by atoms with E-state index in [9.17, 15) is 14.7 Å². The normalized spacial score (nSPS) is 13.6. The lowest BCUT2D eigenvalue weighted by molar-refractivity contribution is -0.146. The van der Waals surface area contributed by atoms with Crippen molar-refractivity contribution >= 4 is 11.9 Å². The predicted octanol–water partition coefficient (Wildman–Crippen LogP) is 0.576. The summed E-state index contributed by atoms with van der Waals surface area (Å²) in [7, 11) is 1.28. The maximum Gasteiger partial charge on any atom is 0.328 e. The summed E-state index contributed by atoms with van der Waals surface area (Å²) in [6, 6.07) is 4.97. The van der Waals surface area contributed by atoms with Crippen LogP contribution in [-0.4, -0.2) is 36.2 Å². The van der Waals surface area contributed by atoms with Crippen LogP contribution in [0, 0.1) is 5.92 Å². The number of carbonyl (C=O) groups is 2. The van der Waals surface area contributed by atoms with Gasteiger partial charge in [-0.3, -0.25) is 4.79 Å². The topological polar surface area (TPSA) is 102 Å². The minimum absolute atomic E-state index is 0.0951. The molecule has 1 aromatic rings. The summed E-state index contributed by atoms with van der Waals surface area (Å²) in [6.45, 7) is 3.63. The molecule has 0 saturated heterocycles. The van der Waals surface area contributed by atoms with Gasteiger partial charge in [-0.15, -0.1) is 0 Å². The van der Waals surface area contributed by atoms with Crippen molar-refractivity contribution in [3.63, 3.8) is 0 Å². The van der Waals surface area contributed by atoms with Gasteiger partial charge in [0.05, 0.1) is 13.2 Å². The van der Waals surface area contributed by atoms with Crippen LogP contribution in [-0.2, 0) is 20.7 Å². The van der Waals surface area contributed by atoms with Gasteiger partial charge >= 0.3 is 5.97 Å². The van der Waals surface area contributed by atoms with E-state index in [1.165, 1.54) is 19.2 Å². The molecule has 4 N–H and O–H groups in total. The molecule has 1 rings (SSSR count). The molecular formula is C15H22N2O4. The molecule has 2 atom stereocenters. The van der Waals surface area contributed by atoms with Crippen LogP contribution >= 0.6 is 0 Å². The number of methoxy groups -OCH3 is 1. The van der Waals surface area contributed by atoms with E-state index in [-0.39, 0.29) is 11.7 Å². The Bertz CT molecular complexity index is 485. The van der Waals surface area contributed by atoms with Gasteiger partial charge in [0.15, 0.2) is 0 Å². The highest BCUT2D eigenvalue weighted by Gasteiger charge is 2.27. The number of phenolic OH excluding ortho intramolecular Hbond substituents is 1. The van der Waals surface area contributed by atoms with E-state index in [1.54, 1.807) is 12.1 Å². The van der Waals surface area contributed by atoms with Gasteiger partial charge in [-0.1, -0.05) is 26.0 Å². The van der Waals surface area contributed by atoms with Crippen molar-refractivity contribution in [1.29, 1.82) is 0 Å². The average molecular weight is 294 g/mol. The third-order valence-corrected chi connectivity index (χ3v) is 3.15. The first-order valence-corrected chi connectivity index (χ1v) is 6.76. The second-order valence-electron chi connectivity index (χ2n) is 5.23. The first kappa shape index (κ1) is 17.0. The molecular weight excluding hydrogens is 272 g/mol. The number of carbonyl (C=O) groups excluding carboxylic acids is 2. The number of rotatable bonds is 6. The van der Waals surface area contributed by atoms with Gasteiger partial charge in [0.2, 0.25) is 5.91 Å². The molecule has 0 fully saturated rings. The van der Waals surface area contributed by atoms with E-state index in [1.807, 2.05) is 13.8 Å². The number of nitrogens with two attached hydrogens (primary N) is 1. The van der Waals surface area contributed by atoms with E-state index in [2.05, 4.69) is 10.1 Å². The zero-order valence-corrected chi connectivity index (χ0v) is 12.5. The Labute approximate surface area is 124 Å². The van der Waals surface area contributed by atoms with Crippen LogP contribution in [0.4, 0.5) is 0 Å². The molecule has 0 spiro atoms. The van der Waals surface area contributed by atoms with Crippen molar-refractivity contribution in [2.45, 2.75) is 32.4 Å². The van der Waals surface area contributed by atoms with Crippen LogP contribution in [0.3, 0.4) is 0 Å². The van der Waals surface area contributed by atoms with Crippen molar-refractivity contribution in [3.05, 3.63) is 29.8 Å². The van der Waals surface area contributed by atoms with Crippen molar-refractivity contribution in [1.82, 2.24) is 5.32 Å². The van der Waals surface area contributed by atoms with Crippen molar-refractivity contribution < 1.29 is 19.4 Å². The Morgan fingerprint density at radius 3 is 2.33 bits per heavy atom. The molecule has 1 amide bonds. The number of nitrogens with one attached hydrogen (secondary N) is 1. The highest BCUT2D eigenvalue weighted by atomic mass is 16.5. The zero-order valence-electron chi connectivity index (χ0n) is 12.5. The number of amides is 1. The maximum absolute atomic E-state index is 12.1. The third-order valence-electron chi connectivity index (χ3n) is 3.15. The number of esters is 1. The highest BCUT2D eigenvalue weighted by Crippen LogP contribution is 2.11. The zero-order chi connectivity index (χ0) is 16.0. The van der Waals surface area contributed by atoms with Crippen LogP contribution in [0.1, 0.15) is 19.4 Å². The van der Waals surface area contributed by atoms with Crippen molar-refractivity contribution in [3.8, 4) is 5.75 Å². The fourth-order valence-corrected chi connectivity index (χ4v) is 1.86. The molecule has 0 aliphatic heterocycles. The molecule has 0 heterocycles. The number of benzene rings is 1. The van der Waals surface area contributed by atoms with Crippen LogP contribution in [0.5, 0.6) is 5.75 Å². The predicted molar refractivity (Wildman–Crippen MR) is 78.6 cm³/mol. The van der Waals surface area contributed by atoms with Gasteiger partial charge in [0.25, 0.3) is 0 Å². The monoisotopic (exact) mass is 294 g/mol. The molecule has 6 heteroatoms. The van der Waals surface area contributed by atoms with Crippen LogP contribution in [0.15, 0.2) is 24.3 Å². The number of hydrogen-bond acceptors (Lipinski definition) is 5. The second kappa shape index (κ2) is 7.64. The van der Waals surface area contributed by atoms with Crippen LogP contribution < -0.4 is 11.1 Å². The largest absolute Gasteiger partial charge is 0.508 e. The Morgan fingerprint density at radius 1 is 1.29 bits per heavy atom. The van der Waals surface area contributed by atoms with Gasteiger partial charge in [-0.25, -0.2) is 4.79 Å². The van der Waals surface area contributed by atoms with Gasteiger partial charge in [0.1, 0.15) is 11.8 Å². The lowest BCUT2D eigenvalue weighted by atomic mass is 10.0. The van der Waals surface area contributed by atoms with Crippen molar-refractivity contribution in [2.75, 3.05) is 7.11 Å². The van der Waals surface area contributed by atoms with E-state index < -0.39 is 24.0 Å². The summed E-state index contributed by atoms with van der Waals surface area (Å²) < 4.78 is 4.66. The molecule has 0 saturated carbocycles. The molecule has 21 heavy (non-hydrogen) atoms. The molecule has 0 radical (unpaired) electrons. The van der Waals surface area contributed by atoms with E-state index in [0.29, 0.717) is 6.42 Å². The molecule has 1 aromatic carbocycles. The summed E-state index contributed by atoms with van der Waals surface area (Å²) in [5.74, 6) is -0.841. The fourth-order valence-electron chi connectivity index (χ4n) is 1.86. The van der Waals surface area contributed by atoms with Gasteiger partial charge < -0.3 is 20.9 Å². The van der Waals surface area contributed by atoms with Crippen molar-refractivity contribution in [2.24, 2.45) is 11.7 Å². The molecule has 0 aliphatic rings. The lowest BCUT2D eigenvalue weighted by Gasteiger charge is -2.22. The number of ether oxygens (including phenoxy) is 1. The van der Waals surface area contributed by atoms with E-state index in [0.717, 1.165) is 5.56 Å². The first-order valence-electron chi connectivity index (χ1n) is 6.76. The molecule has 116 valence electrons. The van der Waals surface area contributed by atoms with Gasteiger partial charge in [-0.2, -0.15) is 0 Å². The molecule has 0 aliphatic carbocycles. The SMILES string of the molecule is COC(=O)C(NC(=O)C(N)Cc1ccc(O)cc1)C(C)C. The highest BCUT2D eigenvalue weighted by molar-refractivity contribution is 5.87. The second-order valence-corrected chi connectivity index (χ2v) is 5.23. The summed E-state index contributed by atoms with van der Waals surface area (Å²) >= 11 is 0. The number of hydrogen-bond donors (Lipinski definition) is 3. The summed E-state index contributed by atoms with van der Waals surface area (Å²) in [6.07, 6.45) is 0.318. The lowest BCUT2D eigenvalue weighted by Crippen LogP contribution is -2.51. The fraction of sp³-hybridized carbons (Fsp3) is 0.467. The van der Waals surface area contributed by atoms with Crippen LogP contribution in [0.2, 0.25) is 0 Å². The molecule has 6 nitrogen and oxygen atoms in total. The number of phenols is 1. The molecule has 2 unspecified atom stereocenters. The molecule has 0 aromatic heterocycles. The smallest absolute Gasteiger partial charge is 0.328 e. The minimum atomic E-state index is -0.777. The molecule has 0 bridgehead atoms. The van der Waals surface area contributed by atoms with Gasteiger partial charge in [0, 0.05) is 0 Å². The third kappa shape index (κ3) is 5.07. The summed E-state index contributed by atoms with van der Waals surface area (Å²) in [5, 5.41) is 11.8. The quantitative estimate of drug-likeness (QED) is 0.666. The van der Waals surface area contributed by atoms with Crippen LogP contribution in [0.25, 0.3) is 0 Å². The summed E-state index contributed by atoms with van der Waals surface area (Å²) in [5.41, 5.74) is 6.68.